The fourth-order valence-corrected chi connectivity index (χ4v) is 3.33. The molecule has 1 aliphatic rings. The average Bonchev–Trinajstić information content (AvgIpc) is 2.37. The largest absolute Gasteiger partial charge is 0.481 e. The minimum Gasteiger partial charge on any atom is -0.481 e. The Balaban J connectivity index is 2.30. The summed E-state index contributed by atoms with van der Waals surface area (Å²) in [6.45, 7) is 5.70. The van der Waals surface area contributed by atoms with Crippen LogP contribution in [0.4, 0.5) is 4.79 Å². The van der Waals surface area contributed by atoms with Crippen LogP contribution in [0.3, 0.4) is 0 Å². The van der Waals surface area contributed by atoms with Crippen LogP contribution in [0.25, 0.3) is 0 Å². The summed E-state index contributed by atoms with van der Waals surface area (Å²) in [5, 5.41) is 11.8. The van der Waals surface area contributed by atoms with Crippen LogP contribution in [-0.4, -0.2) is 52.6 Å². The molecule has 0 radical (unpaired) electrons. The number of carbonyl (C=O) groups is 2. The van der Waals surface area contributed by atoms with Crippen molar-refractivity contribution in [3.8, 4) is 0 Å². The van der Waals surface area contributed by atoms with Gasteiger partial charge in [-0.25, -0.2) is 4.79 Å². The van der Waals surface area contributed by atoms with Crippen molar-refractivity contribution in [1.82, 2.24) is 10.2 Å². The number of thioether (sulfide) groups is 1. The Morgan fingerprint density at radius 1 is 1.40 bits per heavy atom. The number of nitrogens with zero attached hydrogens (tertiary/aromatic N) is 1. The molecule has 0 aromatic carbocycles. The zero-order valence-corrected chi connectivity index (χ0v) is 13.2. The Labute approximate surface area is 125 Å². The molecule has 0 spiro atoms. The third kappa shape index (κ3) is 6.50. The SMILES string of the molecule is CC(C)CCCCNC(=O)N1CCSCC1CC(=O)O. The highest BCUT2D eigenvalue weighted by molar-refractivity contribution is 7.99. The van der Waals surface area contributed by atoms with Crippen molar-refractivity contribution < 1.29 is 14.7 Å². The molecule has 1 heterocycles. The molecule has 0 saturated carbocycles. The molecule has 2 amide bonds. The van der Waals surface area contributed by atoms with Crippen molar-refractivity contribution in [2.45, 2.75) is 45.6 Å². The summed E-state index contributed by atoms with van der Waals surface area (Å²) in [6.07, 6.45) is 3.31. The van der Waals surface area contributed by atoms with Crippen molar-refractivity contribution in [2.75, 3.05) is 24.6 Å². The molecule has 1 unspecified atom stereocenters. The van der Waals surface area contributed by atoms with Gasteiger partial charge >= 0.3 is 12.0 Å². The van der Waals surface area contributed by atoms with Crippen molar-refractivity contribution >= 4 is 23.8 Å². The second kappa shape index (κ2) is 9.10. The standard InChI is InChI=1S/C14H26N2O3S/c1-11(2)5-3-4-6-15-14(19)16-7-8-20-10-12(16)9-13(17)18/h11-12H,3-10H2,1-2H3,(H,15,19)(H,17,18). The molecule has 5 nitrogen and oxygen atoms in total. The van der Waals surface area contributed by atoms with Crippen molar-refractivity contribution in [3.05, 3.63) is 0 Å². The highest BCUT2D eigenvalue weighted by atomic mass is 32.2. The second-order valence-corrected chi connectivity index (χ2v) is 6.79. The molecular weight excluding hydrogens is 276 g/mol. The molecular formula is C14H26N2O3S. The van der Waals surface area contributed by atoms with Gasteiger partial charge in [-0.3, -0.25) is 4.79 Å². The summed E-state index contributed by atoms with van der Waals surface area (Å²) >= 11 is 1.72. The van der Waals surface area contributed by atoms with E-state index in [1.807, 2.05) is 0 Å². The van der Waals surface area contributed by atoms with Crippen LogP contribution >= 0.6 is 11.8 Å². The van der Waals surface area contributed by atoms with E-state index in [1.165, 1.54) is 6.42 Å². The highest BCUT2D eigenvalue weighted by Crippen LogP contribution is 2.19. The molecule has 1 fully saturated rings. The van der Waals surface area contributed by atoms with E-state index in [9.17, 15) is 9.59 Å². The first kappa shape index (κ1) is 17.1. The number of unbranched alkanes of at least 4 members (excludes halogenated alkanes) is 1. The van der Waals surface area contributed by atoms with Crippen LogP contribution in [0.2, 0.25) is 0 Å². The van der Waals surface area contributed by atoms with Gasteiger partial charge < -0.3 is 15.3 Å². The number of aliphatic carboxylic acids is 1. The van der Waals surface area contributed by atoms with Crippen molar-refractivity contribution in [3.63, 3.8) is 0 Å². The Kier molecular flexibility index (Phi) is 7.80. The summed E-state index contributed by atoms with van der Waals surface area (Å²) in [5.41, 5.74) is 0. The molecule has 1 saturated heterocycles. The lowest BCUT2D eigenvalue weighted by Gasteiger charge is -2.34. The fourth-order valence-electron chi connectivity index (χ4n) is 2.27. The number of carboxylic acids is 1. The topological polar surface area (TPSA) is 69.6 Å². The summed E-state index contributed by atoms with van der Waals surface area (Å²) < 4.78 is 0. The third-order valence-corrected chi connectivity index (χ3v) is 4.47. The minimum atomic E-state index is -0.841. The average molecular weight is 302 g/mol. The smallest absolute Gasteiger partial charge is 0.317 e. The highest BCUT2D eigenvalue weighted by Gasteiger charge is 2.28. The van der Waals surface area contributed by atoms with E-state index in [1.54, 1.807) is 16.7 Å². The number of urea groups is 1. The lowest BCUT2D eigenvalue weighted by Crippen LogP contribution is -2.51. The molecule has 116 valence electrons. The molecule has 2 N–H and O–H groups in total. The van der Waals surface area contributed by atoms with Gasteiger partial charge in [-0.2, -0.15) is 11.8 Å². The van der Waals surface area contributed by atoms with Gasteiger partial charge in [0.25, 0.3) is 0 Å². The Morgan fingerprint density at radius 2 is 2.15 bits per heavy atom. The van der Waals surface area contributed by atoms with Gasteiger partial charge in [0.1, 0.15) is 0 Å². The van der Waals surface area contributed by atoms with Gasteiger partial charge in [0.2, 0.25) is 0 Å². The van der Waals surface area contributed by atoms with Gasteiger partial charge in [-0.05, 0) is 12.3 Å². The van der Waals surface area contributed by atoms with E-state index in [0.717, 1.165) is 18.6 Å². The number of hydrogen-bond acceptors (Lipinski definition) is 3. The van der Waals surface area contributed by atoms with Gasteiger partial charge in [0.15, 0.2) is 0 Å². The van der Waals surface area contributed by atoms with E-state index < -0.39 is 5.97 Å². The van der Waals surface area contributed by atoms with E-state index >= 15 is 0 Å². The third-order valence-electron chi connectivity index (χ3n) is 3.38. The van der Waals surface area contributed by atoms with Crippen LogP contribution in [0, 0.1) is 5.92 Å². The van der Waals surface area contributed by atoms with Gasteiger partial charge in [0.05, 0.1) is 12.5 Å². The molecule has 1 atom stereocenters. The summed E-state index contributed by atoms with van der Waals surface area (Å²) in [5.74, 6) is 1.46. The number of nitrogens with one attached hydrogen (secondary N) is 1. The Hall–Kier alpha value is -0.910. The van der Waals surface area contributed by atoms with Gasteiger partial charge in [-0.1, -0.05) is 26.7 Å². The van der Waals surface area contributed by atoms with Gasteiger partial charge in [0, 0.05) is 24.6 Å². The molecule has 20 heavy (non-hydrogen) atoms. The van der Waals surface area contributed by atoms with E-state index in [2.05, 4.69) is 19.2 Å². The minimum absolute atomic E-state index is 0.0355. The predicted molar refractivity (Wildman–Crippen MR) is 82.2 cm³/mol. The van der Waals surface area contributed by atoms with E-state index in [0.29, 0.717) is 24.8 Å². The second-order valence-electron chi connectivity index (χ2n) is 5.64. The van der Waals surface area contributed by atoms with Crippen LogP contribution < -0.4 is 5.32 Å². The number of carbonyl (C=O) groups excluding carboxylic acids is 1. The summed E-state index contributed by atoms with van der Waals surface area (Å²) in [6, 6.07) is -0.289. The first-order valence-corrected chi connectivity index (χ1v) is 8.50. The number of carboxylic acid groups (broad SMARTS) is 1. The Bertz CT molecular complexity index is 324. The molecule has 0 bridgehead atoms. The normalized spacial score (nSPS) is 19.1. The molecule has 0 aromatic rings. The van der Waals surface area contributed by atoms with Crippen LogP contribution in [0.5, 0.6) is 0 Å². The molecule has 0 aromatic heterocycles. The van der Waals surface area contributed by atoms with Crippen molar-refractivity contribution in [1.29, 1.82) is 0 Å². The molecule has 1 aliphatic heterocycles. The first-order chi connectivity index (χ1) is 9.50. The van der Waals surface area contributed by atoms with Crippen molar-refractivity contribution in [2.24, 2.45) is 5.92 Å². The first-order valence-electron chi connectivity index (χ1n) is 7.34. The molecule has 1 rings (SSSR count). The Morgan fingerprint density at radius 3 is 2.80 bits per heavy atom. The number of rotatable bonds is 7. The maximum Gasteiger partial charge on any atom is 0.317 e. The quantitative estimate of drug-likeness (QED) is 0.709. The summed E-state index contributed by atoms with van der Waals surface area (Å²) in [4.78, 5) is 24.6. The molecule has 6 heteroatoms. The fraction of sp³-hybridized carbons (Fsp3) is 0.857. The number of amides is 2. The van der Waals surface area contributed by atoms with Crippen LogP contribution in [0.15, 0.2) is 0 Å². The summed E-state index contributed by atoms with van der Waals surface area (Å²) in [7, 11) is 0. The monoisotopic (exact) mass is 302 g/mol. The lowest BCUT2D eigenvalue weighted by molar-refractivity contribution is -0.137. The predicted octanol–water partition coefficient (Wildman–Crippen LogP) is 2.41. The van der Waals surface area contributed by atoms with Gasteiger partial charge in [-0.15, -0.1) is 0 Å². The van der Waals surface area contributed by atoms with E-state index in [4.69, 9.17) is 5.11 Å². The molecule has 0 aliphatic carbocycles. The maximum absolute atomic E-state index is 12.1. The lowest BCUT2D eigenvalue weighted by atomic mass is 10.1. The maximum atomic E-state index is 12.1. The number of hydrogen-bond donors (Lipinski definition) is 2. The van der Waals surface area contributed by atoms with Crippen LogP contribution in [-0.2, 0) is 4.79 Å². The zero-order chi connectivity index (χ0) is 15.0. The zero-order valence-electron chi connectivity index (χ0n) is 12.4. The van der Waals surface area contributed by atoms with Crippen LogP contribution in [0.1, 0.15) is 39.5 Å². The van der Waals surface area contributed by atoms with E-state index in [-0.39, 0.29) is 18.5 Å².